The molecule has 73 heavy (non-hydrogen) atoms. The topological polar surface area (TPSA) is 220 Å². The van der Waals surface area contributed by atoms with Crippen LogP contribution in [0.4, 0.5) is 4.39 Å². The Hall–Kier alpha value is -7.05. The Kier molecular flexibility index (Phi) is 23.1. The lowest BCUT2D eigenvalue weighted by Gasteiger charge is -2.31. The molecule has 394 valence electrons. The Morgan fingerprint density at radius 2 is 1.12 bits per heavy atom. The predicted molar refractivity (Wildman–Crippen MR) is 263 cm³/mol. The number of unbranched alkanes of at least 4 members (excludes halogenated alkanes) is 2. The van der Waals surface area contributed by atoms with Gasteiger partial charge in [0, 0.05) is 54.9 Å². The Morgan fingerprint density at radius 1 is 0.603 bits per heavy atom. The molecule has 0 N–H and O–H groups in total. The van der Waals surface area contributed by atoms with E-state index in [0.717, 1.165) is 38.4 Å². The summed E-state index contributed by atoms with van der Waals surface area (Å²) < 4.78 is 64.0. The van der Waals surface area contributed by atoms with Crippen molar-refractivity contribution >= 4 is 47.4 Å². The van der Waals surface area contributed by atoms with E-state index < -0.39 is 85.0 Å². The van der Waals surface area contributed by atoms with Gasteiger partial charge >= 0.3 is 35.8 Å². The number of halogens is 1. The molecule has 0 saturated heterocycles. The van der Waals surface area contributed by atoms with E-state index in [1.54, 1.807) is 6.07 Å². The second-order valence-electron chi connectivity index (χ2n) is 18.0. The second-order valence-corrected chi connectivity index (χ2v) is 18.0. The molecular formula is C55H65FO17. The average molecular weight is 1020 g/mol. The summed E-state index contributed by atoms with van der Waals surface area (Å²) in [6.07, 6.45) is 8.17. The number of esters is 6. The number of Topliss-reactive ketones (excluding diaryl/α,β-unsaturated/α-hetero) is 2. The number of benzene rings is 3. The molecule has 1 aliphatic rings. The van der Waals surface area contributed by atoms with Crippen molar-refractivity contribution in [3.63, 3.8) is 0 Å². The molecule has 18 heteroatoms. The molecule has 3 aromatic rings. The van der Waals surface area contributed by atoms with Crippen molar-refractivity contribution in [3.8, 4) is 39.5 Å². The van der Waals surface area contributed by atoms with Gasteiger partial charge in [0.05, 0.1) is 20.3 Å². The smallest absolute Gasteiger partial charge is 0.417 e. The highest BCUT2D eigenvalue weighted by Gasteiger charge is 2.39. The van der Waals surface area contributed by atoms with Gasteiger partial charge in [-0.1, -0.05) is 70.0 Å². The van der Waals surface area contributed by atoms with E-state index in [-0.39, 0.29) is 77.1 Å². The highest BCUT2D eigenvalue weighted by molar-refractivity contribution is 6.34. The zero-order valence-corrected chi connectivity index (χ0v) is 42.4. The molecule has 0 atom stereocenters. The van der Waals surface area contributed by atoms with Crippen LogP contribution in [0.25, 0.3) is 22.3 Å². The number of ether oxygens (including phenoxy) is 9. The molecule has 0 aliphatic heterocycles. The number of rotatable bonds is 28. The van der Waals surface area contributed by atoms with Gasteiger partial charge in [0.15, 0.2) is 0 Å². The molecule has 1 fully saturated rings. The molecule has 1 aliphatic carbocycles. The van der Waals surface area contributed by atoms with Crippen LogP contribution in [-0.2, 0) is 66.8 Å². The van der Waals surface area contributed by atoms with Gasteiger partial charge in [0.1, 0.15) is 54.9 Å². The normalized spacial score (nSPS) is 14.2. The fraction of sp³-hybridized carbons (Fsp3) is 0.455. The maximum Gasteiger partial charge on any atom is 0.417 e. The highest BCUT2D eigenvalue weighted by atomic mass is 19.1. The van der Waals surface area contributed by atoms with Crippen LogP contribution in [0.2, 0.25) is 0 Å². The van der Waals surface area contributed by atoms with Gasteiger partial charge in [-0.25, -0.2) is 33.2 Å². The van der Waals surface area contributed by atoms with E-state index in [1.807, 2.05) is 6.07 Å². The van der Waals surface area contributed by atoms with Crippen molar-refractivity contribution < 1.29 is 85.4 Å². The lowest BCUT2D eigenvalue weighted by atomic mass is 9.77. The summed E-state index contributed by atoms with van der Waals surface area (Å²) in [6, 6.07) is 13.8. The Morgan fingerprint density at radius 3 is 1.62 bits per heavy atom. The number of carbonyl (C=O) groups excluding carboxylic acids is 8. The van der Waals surface area contributed by atoms with Gasteiger partial charge in [-0.15, -0.1) is 0 Å². The van der Waals surface area contributed by atoms with Gasteiger partial charge < -0.3 is 42.6 Å². The van der Waals surface area contributed by atoms with E-state index in [1.165, 1.54) is 96.2 Å². The molecule has 0 amide bonds. The zero-order chi connectivity index (χ0) is 53.7. The van der Waals surface area contributed by atoms with Crippen LogP contribution in [0.5, 0.6) is 17.2 Å². The van der Waals surface area contributed by atoms with Gasteiger partial charge in [0.25, 0.3) is 0 Å². The number of ketones is 2. The molecular weight excluding hydrogens is 952 g/mol. The van der Waals surface area contributed by atoms with Crippen molar-refractivity contribution in [3.05, 3.63) is 90.3 Å². The molecule has 0 unspecified atom stereocenters. The Balaban J connectivity index is 1.74. The summed E-state index contributed by atoms with van der Waals surface area (Å²) in [5, 5.41) is 0. The minimum absolute atomic E-state index is 0.0492. The Bertz CT molecular complexity index is 2450. The van der Waals surface area contributed by atoms with Crippen molar-refractivity contribution in [1.82, 2.24) is 0 Å². The van der Waals surface area contributed by atoms with Gasteiger partial charge in [-0.05, 0) is 92.8 Å². The number of hydrogen-bond acceptors (Lipinski definition) is 17. The summed E-state index contributed by atoms with van der Waals surface area (Å²) in [7, 11) is 3.57. The number of carbonyl (C=O) groups is 8. The van der Waals surface area contributed by atoms with Crippen LogP contribution in [0.3, 0.4) is 0 Å². The summed E-state index contributed by atoms with van der Waals surface area (Å²) >= 11 is 0. The van der Waals surface area contributed by atoms with Crippen LogP contribution >= 0.6 is 0 Å². The van der Waals surface area contributed by atoms with Gasteiger partial charge in [-0.3, -0.25) is 9.59 Å². The maximum atomic E-state index is 16.4. The third-order valence-corrected chi connectivity index (χ3v) is 12.1. The average Bonchev–Trinajstić information content (AvgIpc) is 3.39. The summed E-state index contributed by atoms with van der Waals surface area (Å²) in [6.45, 7) is 9.21. The number of methoxy groups -OCH3 is 3. The van der Waals surface area contributed by atoms with E-state index in [2.05, 4.69) is 24.8 Å². The van der Waals surface area contributed by atoms with Crippen LogP contribution in [0.1, 0.15) is 96.5 Å². The summed E-state index contributed by atoms with van der Waals surface area (Å²) in [5.74, 6) is -8.82. The highest BCUT2D eigenvalue weighted by Crippen LogP contribution is 2.44. The molecule has 4 rings (SSSR count). The standard InChI is InChI=1S/C55H65FO17/c1-9-10-11-12-36-13-15-37(16-14-36)39-19-22-41(44(56)27-39)43-29-47(72-49(59)34(2)3)42(28-48(43)73-50(60)35(4)5)38-17-20-40(21-18-38)68-30-55(33-71-54(64)53(63)67-8,31-69-51(61)45(57)23-25-65-6)32-70-52(62)46(58)24-26-66-7/h17-22,27-29,36-37H,2,4,9-16,23-26,30-33H2,1,3,5-8H3. The molecule has 0 spiro atoms. The van der Waals surface area contributed by atoms with Crippen LogP contribution < -0.4 is 14.2 Å². The summed E-state index contributed by atoms with van der Waals surface area (Å²) in [5.41, 5.74) is -0.130. The third-order valence-electron chi connectivity index (χ3n) is 12.1. The third kappa shape index (κ3) is 17.6. The van der Waals surface area contributed by atoms with Crippen molar-refractivity contribution in [2.75, 3.05) is 61.0 Å². The molecule has 0 radical (unpaired) electrons. The van der Waals surface area contributed by atoms with Crippen LogP contribution in [-0.4, -0.2) is 108 Å². The minimum atomic E-state index is -1.88. The van der Waals surface area contributed by atoms with Gasteiger partial charge in [-0.2, -0.15) is 0 Å². The van der Waals surface area contributed by atoms with Crippen LogP contribution in [0, 0.1) is 17.2 Å². The maximum absolute atomic E-state index is 16.4. The molecule has 1 saturated carbocycles. The fourth-order valence-electron chi connectivity index (χ4n) is 7.78. The predicted octanol–water partition coefficient (Wildman–Crippen LogP) is 8.36. The van der Waals surface area contributed by atoms with Crippen LogP contribution in [0.15, 0.2) is 78.9 Å². The van der Waals surface area contributed by atoms with E-state index in [0.29, 0.717) is 11.5 Å². The zero-order valence-electron chi connectivity index (χ0n) is 42.4. The first-order valence-electron chi connectivity index (χ1n) is 23.9. The molecule has 0 heterocycles. The lowest BCUT2D eigenvalue weighted by molar-refractivity contribution is -0.175. The van der Waals surface area contributed by atoms with Gasteiger partial charge in [0.2, 0.25) is 11.6 Å². The largest absolute Gasteiger partial charge is 0.493 e. The van der Waals surface area contributed by atoms with E-state index in [9.17, 15) is 38.4 Å². The van der Waals surface area contributed by atoms with E-state index >= 15 is 4.39 Å². The van der Waals surface area contributed by atoms with Crippen molar-refractivity contribution in [2.45, 2.75) is 90.9 Å². The SMILES string of the molecule is C=C(C)C(=O)Oc1cc(-c2ccc(C3CCC(CCCCC)CC3)cc2F)c(OC(=O)C(=C)C)cc1-c1ccc(OCC(COC(=O)C(=O)CCOC)(COC(=O)C(=O)CCOC)COC(=O)C(=O)OC)cc1. The summed E-state index contributed by atoms with van der Waals surface area (Å²) in [4.78, 5) is 101. The quantitative estimate of drug-likeness (QED) is 0.0167. The first-order chi connectivity index (χ1) is 34.8. The van der Waals surface area contributed by atoms with E-state index in [4.69, 9.17) is 37.9 Å². The molecule has 0 bridgehead atoms. The number of hydrogen-bond donors (Lipinski definition) is 0. The molecule has 17 nitrogen and oxygen atoms in total. The minimum Gasteiger partial charge on any atom is -0.493 e. The van der Waals surface area contributed by atoms with Crippen molar-refractivity contribution in [1.29, 1.82) is 0 Å². The first-order valence-corrected chi connectivity index (χ1v) is 23.9. The van der Waals surface area contributed by atoms with Crippen molar-refractivity contribution in [2.24, 2.45) is 11.3 Å². The monoisotopic (exact) mass is 1020 g/mol. The first kappa shape index (κ1) is 58.5. The fourth-order valence-corrected chi connectivity index (χ4v) is 7.78. The lowest BCUT2D eigenvalue weighted by Crippen LogP contribution is -2.45. The Labute approximate surface area is 424 Å². The molecule has 3 aromatic carbocycles. The molecule has 0 aromatic heterocycles. The second kappa shape index (κ2) is 28.9.